The molecule has 72 valence electrons. The first-order valence-electron chi connectivity index (χ1n) is 3.95. The lowest BCUT2D eigenvalue weighted by Crippen LogP contribution is -2.17. The molecule has 0 aliphatic rings. The van der Waals surface area contributed by atoms with Gasteiger partial charge in [0, 0.05) is 17.5 Å². The molecule has 0 saturated heterocycles. The average Bonchev–Trinajstić information content (AvgIpc) is 2.17. The summed E-state index contributed by atoms with van der Waals surface area (Å²) in [5.41, 5.74) is 1.19. The zero-order valence-electron chi connectivity index (χ0n) is 7.31. The van der Waals surface area contributed by atoms with Crippen LogP contribution in [-0.4, -0.2) is 11.3 Å². The minimum atomic E-state index is -2.08. The molecule has 0 spiro atoms. The highest BCUT2D eigenvalue weighted by Gasteiger charge is 1.92. The maximum absolute atomic E-state index is 8.44. The van der Waals surface area contributed by atoms with Crippen LogP contribution in [-0.2, 0) is 0 Å². The van der Waals surface area contributed by atoms with E-state index in [1.807, 2.05) is 24.4 Å². The van der Waals surface area contributed by atoms with E-state index >= 15 is 0 Å². The quantitative estimate of drug-likeness (QED) is 0.660. The Balaban J connectivity index is 0.000000213. The molecule has 4 heteroatoms. The summed E-state index contributed by atoms with van der Waals surface area (Å²) in [6.45, 7) is 0. The summed E-state index contributed by atoms with van der Waals surface area (Å²) < 4.78 is 0. The highest BCUT2D eigenvalue weighted by molar-refractivity contribution is 5.74. The summed E-state index contributed by atoms with van der Waals surface area (Å²) in [6, 6.07) is 12.3. The standard InChI is InChI=1S/C9H7N.CH2O3/c1-2-6-9-8(4-1)5-3-7-10-9;2-1(3)4/h1-7H;(H2,2,3,4). The van der Waals surface area contributed by atoms with Crippen molar-refractivity contribution in [3.8, 4) is 0 Å². The van der Waals surface area contributed by atoms with Crippen LogP contribution in [0.2, 0.25) is 0 Å². The van der Waals surface area contributed by atoms with Crippen molar-refractivity contribution < 1.29 is 20.0 Å². The minimum absolute atomic E-state index is 1.19. The molecule has 1 heterocycles. The fraction of sp³-hybridized carbons (Fsp3) is 0. The number of pyridine rings is 1. The van der Waals surface area contributed by atoms with E-state index in [2.05, 4.69) is 23.2 Å². The van der Waals surface area contributed by atoms with Gasteiger partial charge in [0.05, 0.1) is 0 Å². The zero-order valence-corrected chi connectivity index (χ0v) is 7.31. The number of benzene rings is 1. The first-order valence-corrected chi connectivity index (χ1v) is 3.95. The van der Waals surface area contributed by atoms with E-state index in [9.17, 15) is 0 Å². The summed E-state index contributed by atoms with van der Waals surface area (Å²) in [6.07, 6.45) is -0.150. The third-order valence-electron chi connectivity index (χ3n) is 1.57. The molecule has 14 heavy (non-hydrogen) atoms. The van der Waals surface area contributed by atoms with Gasteiger partial charge in [-0.1, -0.05) is 12.1 Å². The molecule has 0 aliphatic heterocycles. The van der Waals surface area contributed by atoms with Gasteiger partial charge in [-0.2, -0.15) is 0 Å². The Morgan fingerprint density at radius 2 is 1.79 bits per heavy atom. The van der Waals surface area contributed by atoms with Crippen LogP contribution < -0.4 is 10.1 Å². The number of fused-ring (bicyclic) bond motifs is 1. The Labute approximate surface area is 80.5 Å². The second-order valence-corrected chi connectivity index (χ2v) is 2.52. The van der Waals surface area contributed by atoms with Gasteiger partial charge in [-0.05, 0) is 12.1 Å². The van der Waals surface area contributed by atoms with Gasteiger partial charge in [0.2, 0.25) is 11.7 Å². The molecule has 2 rings (SSSR count). The molecule has 0 atom stereocenters. The van der Waals surface area contributed by atoms with Crippen LogP contribution in [0.15, 0.2) is 42.6 Å². The van der Waals surface area contributed by atoms with Gasteiger partial charge in [-0.25, -0.2) is 4.98 Å². The predicted octanol–water partition coefficient (Wildman–Crippen LogP) is 0.542. The van der Waals surface area contributed by atoms with Gasteiger partial charge in [0.1, 0.15) is 0 Å². The fourth-order valence-electron chi connectivity index (χ4n) is 1.06. The van der Waals surface area contributed by atoms with E-state index in [0.717, 1.165) is 0 Å². The SMILES string of the molecule is O=C([O-])O.c1ccc2[nH+]cccc2c1. The molecule has 1 aromatic heterocycles. The number of hydrogen-bond donors (Lipinski definition) is 1. The lowest BCUT2D eigenvalue weighted by Gasteiger charge is -1.85. The Kier molecular flexibility index (Phi) is 3.43. The Hall–Kier alpha value is -2.10. The monoisotopic (exact) mass is 191 g/mol. The molecule has 1 aromatic carbocycles. The van der Waals surface area contributed by atoms with Gasteiger partial charge >= 0.3 is 0 Å². The maximum Gasteiger partial charge on any atom is 0.249 e. The van der Waals surface area contributed by atoms with Gasteiger partial charge in [-0.3, -0.25) is 0 Å². The van der Waals surface area contributed by atoms with Crippen molar-refractivity contribution in [1.29, 1.82) is 0 Å². The number of carboxylic acid groups (broad SMARTS) is 2. The molecule has 0 radical (unpaired) electrons. The summed E-state index contributed by atoms with van der Waals surface area (Å²) in [7, 11) is 0. The first-order chi connectivity index (χ1) is 6.70. The third-order valence-corrected chi connectivity index (χ3v) is 1.57. The molecule has 2 aromatic rings. The lowest BCUT2D eigenvalue weighted by molar-refractivity contribution is -0.344. The number of aromatic nitrogens is 1. The number of para-hydroxylation sites is 1. The molecule has 2 N–H and O–H groups in total. The number of carbonyl (C=O) groups is 1. The number of nitrogens with one attached hydrogen (secondary N) is 1. The van der Waals surface area contributed by atoms with Crippen molar-refractivity contribution in [1.82, 2.24) is 0 Å². The molecule has 0 bridgehead atoms. The molecule has 4 nitrogen and oxygen atoms in total. The van der Waals surface area contributed by atoms with Crippen molar-refractivity contribution in [3.05, 3.63) is 42.6 Å². The molecular formula is C10H9NO3. The molecule has 0 fully saturated rings. The van der Waals surface area contributed by atoms with Crippen LogP contribution in [0, 0.1) is 0 Å². The van der Waals surface area contributed by atoms with E-state index < -0.39 is 6.16 Å². The van der Waals surface area contributed by atoms with Crippen molar-refractivity contribution in [3.63, 3.8) is 0 Å². The van der Waals surface area contributed by atoms with Crippen LogP contribution in [0.4, 0.5) is 4.79 Å². The van der Waals surface area contributed by atoms with Crippen molar-refractivity contribution >= 4 is 17.1 Å². The third kappa shape index (κ3) is 3.10. The summed E-state index contributed by atoms with van der Waals surface area (Å²) in [5.74, 6) is 0. The van der Waals surface area contributed by atoms with E-state index in [0.29, 0.717) is 0 Å². The molecule has 0 unspecified atom stereocenters. The fourth-order valence-corrected chi connectivity index (χ4v) is 1.06. The van der Waals surface area contributed by atoms with Crippen LogP contribution in [0.25, 0.3) is 10.9 Å². The normalized spacial score (nSPS) is 8.86. The molecular weight excluding hydrogens is 182 g/mol. The van der Waals surface area contributed by atoms with E-state index in [-0.39, 0.29) is 0 Å². The molecule has 0 amide bonds. The topological polar surface area (TPSA) is 74.5 Å². The number of aromatic amines is 1. The van der Waals surface area contributed by atoms with Gasteiger partial charge in [0.25, 0.3) is 0 Å². The second-order valence-electron chi connectivity index (χ2n) is 2.52. The number of H-pyrrole nitrogens is 1. The van der Waals surface area contributed by atoms with Crippen molar-refractivity contribution in [2.75, 3.05) is 0 Å². The highest BCUT2D eigenvalue weighted by Crippen LogP contribution is 2.04. The maximum atomic E-state index is 8.44. The average molecular weight is 191 g/mol. The number of rotatable bonds is 0. The first kappa shape index (κ1) is 9.98. The van der Waals surface area contributed by atoms with E-state index in [1.165, 1.54) is 10.9 Å². The van der Waals surface area contributed by atoms with Gasteiger partial charge in [0.15, 0.2) is 6.20 Å². The van der Waals surface area contributed by atoms with Crippen molar-refractivity contribution in [2.45, 2.75) is 0 Å². The van der Waals surface area contributed by atoms with Crippen LogP contribution in [0.5, 0.6) is 0 Å². The van der Waals surface area contributed by atoms with Crippen LogP contribution >= 0.6 is 0 Å². The molecule has 0 aliphatic carbocycles. The molecule has 0 saturated carbocycles. The summed E-state index contributed by atoms with van der Waals surface area (Å²) >= 11 is 0. The highest BCUT2D eigenvalue weighted by atomic mass is 16.6. The summed E-state index contributed by atoms with van der Waals surface area (Å²) in [4.78, 5) is 11.6. The van der Waals surface area contributed by atoms with Gasteiger partial charge in [-0.15, -0.1) is 0 Å². The zero-order chi connectivity index (χ0) is 10.4. The lowest BCUT2D eigenvalue weighted by atomic mass is 10.2. The largest absolute Gasteiger partial charge is 0.565 e. The number of hydrogen-bond acceptors (Lipinski definition) is 2. The van der Waals surface area contributed by atoms with Crippen LogP contribution in [0.3, 0.4) is 0 Å². The van der Waals surface area contributed by atoms with E-state index in [4.69, 9.17) is 15.0 Å². The Morgan fingerprint density at radius 3 is 2.43 bits per heavy atom. The Morgan fingerprint density at radius 1 is 1.21 bits per heavy atom. The Bertz CT molecular complexity index is 359. The summed E-state index contributed by atoms with van der Waals surface area (Å²) in [5, 5.41) is 16.6. The smallest absolute Gasteiger partial charge is 0.249 e. The van der Waals surface area contributed by atoms with Crippen LogP contribution in [0.1, 0.15) is 0 Å². The second kappa shape index (κ2) is 4.81. The minimum Gasteiger partial charge on any atom is -0.565 e. The predicted molar refractivity (Wildman–Crippen MR) is 48.5 cm³/mol. The van der Waals surface area contributed by atoms with Crippen molar-refractivity contribution in [2.24, 2.45) is 0 Å². The van der Waals surface area contributed by atoms with Gasteiger partial charge < -0.3 is 15.0 Å². The van der Waals surface area contributed by atoms with E-state index in [1.54, 1.807) is 0 Å².